The minimum Gasteiger partial charge on any atom is -0.392 e. The molecular weight excluding hydrogens is 222 g/mol. The van der Waals surface area contributed by atoms with Gasteiger partial charge in [-0.05, 0) is 31.1 Å². The molecule has 1 rings (SSSR count). The number of nitrogens with one attached hydrogen (secondary N) is 1. The Morgan fingerprint density at radius 3 is 2.44 bits per heavy atom. The molecule has 18 heavy (non-hydrogen) atoms. The average molecular weight is 251 g/mol. The van der Waals surface area contributed by atoms with E-state index >= 15 is 0 Å². The van der Waals surface area contributed by atoms with Crippen LogP contribution in [0.15, 0.2) is 12.3 Å². The third-order valence-electron chi connectivity index (χ3n) is 4.48. The van der Waals surface area contributed by atoms with E-state index < -0.39 is 0 Å². The van der Waals surface area contributed by atoms with E-state index in [1.807, 2.05) is 7.05 Å². The molecule has 104 valence electrons. The van der Waals surface area contributed by atoms with Crippen LogP contribution in [-0.4, -0.2) is 13.3 Å². The highest BCUT2D eigenvalue weighted by atomic mass is 16.1. The van der Waals surface area contributed by atoms with E-state index in [4.69, 9.17) is 0 Å². The molecule has 1 N–H and O–H groups in total. The molecule has 1 atom stereocenters. The van der Waals surface area contributed by atoms with Crippen molar-refractivity contribution >= 4 is 6.29 Å². The zero-order valence-electron chi connectivity index (χ0n) is 12.1. The third-order valence-corrected chi connectivity index (χ3v) is 4.48. The third kappa shape index (κ3) is 4.83. The van der Waals surface area contributed by atoms with E-state index in [1.165, 1.54) is 38.5 Å². The van der Waals surface area contributed by atoms with E-state index in [-0.39, 0.29) is 0 Å². The normalized spacial score (nSPS) is 26.8. The van der Waals surface area contributed by atoms with Gasteiger partial charge in [0.05, 0.1) is 0 Å². The van der Waals surface area contributed by atoms with Crippen molar-refractivity contribution < 1.29 is 4.79 Å². The predicted molar refractivity (Wildman–Crippen MR) is 77.3 cm³/mol. The van der Waals surface area contributed by atoms with Crippen LogP contribution in [0, 0.1) is 17.8 Å². The lowest BCUT2D eigenvalue weighted by Crippen LogP contribution is -2.24. The second-order valence-corrected chi connectivity index (χ2v) is 5.85. The second kappa shape index (κ2) is 8.34. The van der Waals surface area contributed by atoms with Crippen LogP contribution in [0.5, 0.6) is 0 Å². The Kier molecular flexibility index (Phi) is 7.07. The highest BCUT2D eigenvalue weighted by molar-refractivity contribution is 5.49. The number of hydrogen-bond donors (Lipinski definition) is 1. The first-order valence-corrected chi connectivity index (χ1v) is 7.49. The molecular formula is C16H29NO. The molecule has 1 aliphatic rings. The molecule has 0 heterocycles. The highest BCUT2D eigenvalue weighted by Gasteiger charge is 2.24. The molecule has 2 nitrogen and oxygen atoms in total. The van der Waals surface area contributed by atoms with Gasteiger partial charge in [0.15, 0.2) is 0 Å². The maximum absolute atomic E-state index is 10.6. The molecule has 0 aromatic heterocycles. The van der Waals surface area contributed by atoms with Crippen molar-refractivity contribution in [3.05, 3.63) is 12.3 Å². The molecule has 1 saturated carbocycles. The Morgan fingerprint density at radius 1 is 1.33 bits per heavy atom. The van der Waals surface area contributed by atoms with Crippen molar-refractivity contribution in [3.63, 3.8) is 0 Å². The molecule has 1 fully saturated rings. The number of rotatable bonds is 6. The molecule has 0 aromatic rings. The van der Waals surface area contributed by atoms with E-state index in [2.05, 4.69) is 18.8 Å². The molecule has 0 aromatic carbocycles. The lowest BCUT2D eigenvalue weighted by molar-refractivity contribution is -0.108. The van der Waals surface area contributed by atoms with Crippen LogP contribution < -0.4 is 5.32 Å². The molecule has 2 heteroatoms. The molecule has 1 unspecified atom stereocenters. The second-order valence-electron chi connectivity index (χ2n) is 5.85. The Labute approximate surface area is 112 Å². The number of carbonyl (C=O) groups excluding carboxylic acids is 1. The van der Waals surface area contributed by atoms with E-state index in [0.717, 1.165) is 30.2 Å². The first-order valence-electron chi connectivity index (χ1n) is 7.49. The van der Waals surface area contributed by atoms with Crippen molar-refractivity contribution in [1.29, 1.82) is 0 Å². The summed E-state index contributed by atoms with van der Waals surface area (Å²) in [6.45, 7) is 6.52. The maximum Gasteiger partial charge on any atom is 0.120 e. The molecule has 0 spiro atoms. The zero-order valence-corrected chi connectivity index (χ0v) is 12.1. The summed E-state index contributed by atoms with van der Waals surface area (Å²) in [7, 11) is 1.95. The Bertz CT molecular complexity index is 252. The van der Waals surface area contributed by atoms with Crippen molar-refractivity contribution in [2.24, 2.45) is 17.8 Å². The van der Waals surface area contributed by atoms with E-state index in [0.29, 0.717) is 12.3 Å². The lowest BCUT2D eigenvalue weighted by Gasteiger charge is -2.31. The standard InChI is InChI=1S/C16H29NO/c1-13-7-4-9-15(10-5-8-13)16(11-6-12-18)14(2)17-3/h12-13,15-17H,2,4-11H2,1,3H3. The number of aldehydes is 1. The van der Waals surface area contributed by atoms with Crippen LogP contribution in [0.4, 0.5) is 0 Å². The van der Waals surface area contributed by atoms with Gasteiger partial charge in [-0.1, -0.05) is 39.2 Å². The zero-order chi connectivity index (χ0) is 13.4. The summed E-state index contributed by atoms with van der Waals surface area (Å²) in [5.41, 5.74) is 1.12. The quantitative estimate of drug-likeness (QED) is 0.725. The van der Waals surface area contributed by atoms with E-state index in [1.54, 1.807) is 0 Å². The molecule has 0 amide bonds. The van der Waals surface area contributed by atoms with E-state index in [9.17, 15) is 4.79 Å². The van der Waals surface area contributed by atoms with Gasteiger partial charge in [0.25, 0.3) is 0 Å². The molecule has 0 radical (unpaired) electrons. The fraction of sp³-hybridized carbons (Fsp3) is 0.812. The summed E-state index contributed by atoms with van der Waals surface area (Å²) < 4.78 is 0. The minimum atomic E-state index is 0.480. The highest BCUT2D eigenvalue weighted by Crippen LogP contribution is 2.34. The Balaban J connectivity index is 2.58. The van der Waals surface area contributed by atoms with Crippen molar-refractivity contribution in [2.75, 3.05) is 7.05 Å². The van der Waals surface area contributed by atoms with Gasteiger partial charge in [-0.3, -0.25) is 0 Å². The van der Waals surface area contributed by atoms with Gasteiger partial charge in [-0.15, -0.1) is 0 Å². The van der Waals surface area contributed by atoms with Gasteiger partial charge in [0.2, 0.25) is 0 Å². The van der Waals surface area contributed by atoms with Crippen molar-refractivity contribution in [2.45, 2.75) is 58.3 Å². The van der Waals surface area contributed by atoms with Crippen LogP contribution in [-0.2, 0) is 4.79 Å². The van der Waals surface area contributed by atoms with Gasteiger partial charge in [-0.25, -0.2) is 0 Å². The van der Waals surface area contributed by atoms with Crippen LogP contribution in [0.1, 0.15) is 58.3 Å². The first kappa shape index (κ1) is 15.3. The molecule has 1 aliphatic carbocycles. The lowest BCUT2D eigenvalue weighted by atomic mass is 9.77. The predicted octanol–water partition coefficient (Wildman–Crippen LogP) is 3.92. The first-order chi connectivity index (χ1) is 8.69. The van der Waals surface area contributed by atoms with Crippen molar-refractivity contribution in [1.82, 2.24) is 5.32 Å². The minimum absolute atomic E-state index is 0.480. The SMILES string of the molecule is C=C(NC)C(CCC=O)C1CCCC(C)CCC1. The van der Waals surface area contributed by atoms with Crippen molar-refractivity contribution in [3.8, 4) is 0 Å². The summed E-state index contributed by atoms with van der Waals surface area (Å²) in [5, 5.41) is 3.21. The van der Waals surface area contributed by atoms with Gasteiger partial charge in [-0.2, -0.15) is 0 Å². The Morgan fingerprint density at radius 2 is 1.94 bits per heavy atom. The Hall–Kier alpha value is -0.790. The number of hydrogen-bond acceptors (Lipinski definition) is 2. The van der Waals surface area contributed by atoms with Crippen LogP contribution >= 0.6 is 0 Å². The maximum atomic E-state index is 10.6. The van der Waals surface area contributed by atoms with Crippen LogP contribution in [0.2, 0.25) is 0 Å². The van der Waals surface area contributed by atoms with Gasteiger partial charge < -0.3 is 10.1 Å². The average Bonchev–Trinajstić information content (AvgIpc) is 2.35. The summed E-state index contributed by atoms with van der Waals surface area (Å²) in [5.74, 6) is 2.10. The fourth-order valence-corrected chi connectivity index (χ4v) is 3.28. The summed E-state index contributed by atoms with van der Waals surface area (Å²) in [6, 6.07) is 0. The smallest absolute Gasteiger partial charge is 0.120 e. The molecule has 0 saturated heterocycles. The van der Waals surface area contributed by atoms with Gasteiger partial charge >= 0.3 is 0 Å². The summed E-state index contributed by atoms with van der Waals surface area (Å²) in [6.07, 6.45) is 10.7. The summed E-state index contributed by atoms with van der Waals surface area (Å²) >= 11 is 0. The topological polar surface area (TPSA) is 29.1 Å². The summed E-state index contributed by atoms with van der Waals surface area (Å²) in [4.78, 5) is 10.6. The molecule has 0 aliphatic heterocycles. The largest absolute Gasteiger partial charge is 0.392 e. The monoisotopic (exact) mass is 251 g/mol. The number of carbonyl (C=O) groups is 1. The van der Waals surface area contributed by atoms with Crippen LogP contribution in [0.3, 0.4) is 0 Å². The molecule has 0 bridgehead atoms. The van der Waals surface area contributed by atoms with Gasteiger partial charge in [0.1, 0.15) is 6.29 Å². The number of allylic oxidation sites excluding steroid dienone is 1. The van der Waals surface area contributed by atoms with Crippen LogP contribution in [0.25, 0.3) is 0 Å². The fourth-order valence-electron chi connectivity index (χ4n) is 3.28. The van der Waals surface area contributed by atoms with Gasteiger partial charge in [0, 0.05) is 25.1 Å².